The Hall–Kier alpha value is -3.73. The monoisotopic (exact) mass is 518 g/mol. The van der Waals surface area contributed by atoms with Gasteiger partial charge in [0.05, 0.1) is 27.5 Å². The molecule has 11 heteroatoms. The summed E-state index contributed by atoms with van der Waals surface area (Å²) in [7, 11) is 0. The molecule has 7 nitrogen and oxygen atoms in total. The molecular formula is C25H21F3N2O5S. The number of halogens is 3. The first-order valence-corrected chi connectivity index (χ1v) is 11.8. The molecule has 0 fully saturated rings. The minimum Gasteiger partial charge on any atom is -0.486 e. The van der Waals surface area contributed by atoms with Crippen LogP contribution in [0.4, 0.5) is 18.9 Å². The van der Waals surface area contributed by atoms with Crippen molar-refractivity contribution in [2.24, 2.45) is 0 Å². The van der Waals surface area contributed by atoms with Crippen molar-refractivity contribution in [1.29, 1.82) is 0 Å². The molecule has 1 heterocycles. The largest absolute Gasteiger partial charge is 0.486 e. The van der Waals surface area contributed by atoms with Gasteiger partial charge in [-0.1, -0.05) is 36.0 Å². The Bertz CT molecular complexity index is 1280. The zero-order valence-corrected chi connectivity index (χ0v) is 19.8. The number of nitro groups is 1. The highest BCUT2D eigenvalue weighted by Gasteiger charge is 2.33. The number of fused-ring (bicyclic) bond motifs is 1. The van der Waals surface area contributed by atoms with Crippen molar-refractivity contribution < 1.29 is 32.4 Å². The molecule has 0 saturated carbocycles. The van der Waals surface area contributed by atoms with Crippen LogP contribution in [0, 0.1) is 10.1 Å². The minimum atomic E-state index is -4.71. The summed E-state index contributed by atoms with van der Waals surface area (Å²) in [6.45, 7) is 2.67. The van der Waals surface area contributed by atoms with Crippen molar-refractivity contribution in [3.63, 3.8) is 0 Å². The van der Waals surface area contributed by atoms with E-state index in [1.54, 1.807) is 41.3 Å². The molecule has 1 amide bonds. The van der Waals surface area contributed by atoms with Crippen LogP contribution in [0.15, 0.2) is 76.5 Å². The van der Waals surface area contributed by atoms with E-state index >= 15 is 0 Å². The summed E-state index contributed by atoms with van der Waals surface area (Å²) in [4.78, 5) is 26.0. The lowest BCUT2D eigenvalue weighted by Crippen LogP contribution is -2.43. The lowest BCUT2D eigenvalue weighted by molar-refractivity contribution is -0.388. The zero-order valence-electron chi connectivity index (χ0n) is 19.0. The Kier molecular flexibility index (Phi) is 7.39. The van der Waals surface area contributed by atoms with Crippen LogP contribution >= 0.6 is 11.8 Å². The number of hydrogen-bond donors (Lipinski definition) is 0. The smallest absolute Gasteiger partial charge is 0.416 e. The molecule has 0 bridgehead atoms. The average Bonchev–Trinajstić information content (AvgIpc) is 2.86. The molecule has 4 rings (SSSR count). The Labute approximate surface area is 209 Å². The molecule has 0 aliphatic carbocycles. The third kappa shape index (κ3) is 5.56. The highest BCUT2D eigenvalue weighted by molar-refractivity contribution is 7.99. The summed E-state index contributed by atoms with van der Waals surface area (Å²) < 4.78 is 50.9. The van der Waals surface area contributed by atoms with Crippen LogP contribution in [0.3, 0.4) is 0 Å². The van der Waals surface area contributed by atoms with E-state index in [1.807, 2.05) is 19.1 Å². The molecule has 1 aliphatic rings. The molecule has 1 aliphatic heterocycles. The predicted molar refractivity (Wildman–Crippen MR) is 127 cm³/mol. The minimum absolute atomic E-state index is 0.00285. The Morgan fingerprint density at radius 3 is 2.47 bits per heavy atom. The van der Waals surface area contributed by atoms with E-state index in [-0.39, 0.29) is 29.5 Å². The maximum Gasteiger partial charge on any atom is 0.416 e. The summed E-state index contributed by atoms with van der Waals surface area (Å²) in [5.41, 5.74) is -1.53. The maximum atomic E-state index is 13.4. The summed E-state index contributed by atoms with van der Waals surface area (Å²) >= 11 is 0.869. The van der Waals surface area contributed by atoms with Crippen LogP contribution in [0.2, 0.25) is 0 Å². The van der Waals surface area contributed by atoms with Gasteiger partial charge in [0, 0.05) is 17.5 Å². The molecule has 3 aromatic carbocycles. The van der Waals surface area contributed by atoms with Gasteiger partial charge in [0.15, 0.2) is 17.6 Å². The maximum absolute atomic E-state index is 13.4. The van der Waals surface area contributed by atoms with Gasteiger partial charge in [0.25, 0.3) is 11.6 Å². The molecule has 1 atom stereocenters. The van der Waals surface area contributed by atoms with Gasteiger partial charge in [-0.15, -0.1) is 0 Å². The van der Waals surface area contributed by atoms with Gasteiger partial charge in [0.1, 0.15) is 6.61 Å². The highest BCUT2D eigenvalue weighted by atomic mass is 32.2. The third-order valence-corrected chi connectivity index (χ3v) is 6.62. The molecule has 0 N–H and O–H groups in total. The fourth-order valence-electron chi connectivity index (χ4n) is 3.70. The molecule has 36 heavy (non-hydrogen) atoms. The molecule has 0 radical (unpaired) electrons. The Morgan fingerprint density at radius 2 is 1.78 bits per heavy atom. The van der Waals surface area contributed by atoms with Crippen LogP contribution < -0.4 is 9.47 Å². The molecule has 0 aromatic heterocycles. The second-order valence-corrected chi connectivity index (χ2v) is 8.96. The fraction of sp³-hybridized carbons (Fsp3) is 0.240. The molecule has 188 valence electrons. The van der Waals surface area contributed by atoms with E-state index in [0.29, 0.717) is 29.0 Å². The number of carbonyl (C=O) groups is 1. The number of nitrogens with zero attached hydrogens (tertiary/aromatic N) is 2. The molecular weight excluding hydrogens is 497 g/mol. The molecule has 3 aromatic rings. The van der Waals surface area contributed by atoms with Gasteiger partial charge in [-0.05, 0) is 43.3 Å². The van der Waals surface area contributed by atoms with Crippen molar-refractivity contribution in [3.05, 3.63) is 88.0 Å². The van der Waals surface area contributed by atoms with E-state index in [9.17, 15) is 28.1 Å². The lowest BCUT2D eigenvalue weighted by Gasteiger charge is -2.31. The SMILES string of the molecule is CCN(CC1COc2ccccc2O1)C(=O)c1ccccc1Sc1ccc(C(F)(F)F)cc1[N+](=O)[O-]. The van der Waals surface area contributed by atoms with Crippen molar-refractivity contribution >= 4 is 23.4 Å². The summed E-state index contributed by atoms with van der Waals surface area (Å²) in [5, 5.41) is 11.5. The van der Waals surface area contributed by atoms with E-state index < -0.39 is 28.5 Å². The van der Waals surface area contributed by atoms with Crippen molar-refractivity contribution in [2.45, 2.75) is 29.0 Å². The van der Waals surface area contributed by atoms with Crippen LogP contribution in [0.5, 0.6) is 11.5 Å². The molecule has 0 spiro atoms. The Morgan fingerprint density at radius 1 is 1.08 bits per heavy atom. The van der Waals surface area contributed by atoms with Crippen LogP contribution in [-0.4, -0.2) is 41.5 Å². The number of hydrogen-bond acceptors (Lipinski definition) is 6. The van der Waals surface area contributed by atoms with Gasteiger partial charge in [-0.3, -0.25) is 14.9 Å². The zero-order chi connectivity index (χ0) is 25.9. The highest BCUT2D eigenvalue weighted by Crippen LogP contribution is 2.40. The van der Waals surface area contributed by atoms with Gasteiger partial charge in [-0.25, -0.2) is 0 Å². The standard InChI is InChI=1S/C25H21F3N2O5S/c1-2-29(14-17-15-34-20-8-4-5-9-21(20)35-17)24(31)18-7-3-6-10-22(18)36-23-12-11-16(25(26,27)28)13-19(23)30(32)33/h3-13,17H,2,14-15H2,1H3. The number of nitro benzene ring substituents is 1. The summed E-state index contributed by atoms with van der Waals surface area (Å²) in [6.07, 6.45) is -5.12. The number of ether oxygens (including phenoxy) is 2. The second kappa shape index (κ2) is 10.5. The molecule has 1 unspecified atom stereocenters. The quantitative estimate of drug-likeness (QED) is 0.279. The first-order valence-electron chi connectivity index (χ1n) is 11.0. The van der Waals surface area contributed by atoms with E-state index in [2.05, 4.69) is 0 Å². The van der Waals surface area contributed by atoms with Gasteiger partial charge in [-0.2, -0.15) is 13.2 Å². The van der Waals surface area contributed by atoms with E-state index in [1.165, 1.54) is 0 Å². The number of alkyl halides is 3. The fourth-order valence-corrected chi connectivity index (χ4v) is 4.72. The second-order valence-electron chi connectivity index (χ2n) is 7.88. The number of carbonyl (C=O) groups excluding carboxylic acids is 1. The van der Waals surface area contributed by atoms with E-state index in [0.717, 1.165) is 23.9 Å². The van der Waals surface area contributed by atoms with Crippen molar-refractivity contribution in [3.8, 4) is 11.5 Å². The number of amides is 1. The normalized spacial score (nSPS) is 14.8. The first-order chi connectivity index (χ1) is 17.2. The first kappa shape index (κ1) is 25.4. The Balaban J connectivity index is 1.56. The van der Waals surface area contributed by atoms with E-state index in [4.69, 9.17) is 9.47 Å². The van der Waals surface area contributed by atoms with Crippen molar-refractivity contribution in [1.82, 2.24) is 4.90 Å². The van der Waals surface area contributed by atoms with Crippen molar-refractivity contribution in [2.75, 3.05) is 19.7 Å². The van der Waals surface area contributed by atoms with Gasteiger partial charge in [0.2, 0.25) is 0 Å². The number of para-hydroxylation sites is 2. The van der Waals surface area contributed by atoms with Gasteiger partial charge >= 0.3 is 6.18 Å². The lowest BCUT2D eigenvalue weighted by atomic mass is 10.2. The molecule has 0 saturated heterocycles. The summed E-state index contributed by atoms with van der Waals surface area (Å²) in [5.74, 6) is 0.878. The summed E-state index contributed by atoms with van der Waals surface area (Å²) in [6, 6.07) is 16.1. The number of likely N-dealkylation sites (N-methyl/N-ethyl adjacent to an activating group) is 1. The van der Waals surface area contributed by atoms with Crippen LogP contribution in [0.1, 0.15) is 22.8 Å². The third-order valence-electron chi connectivity index (χ3n) is 5.48. The number of benzene rings is 3. The topological polar surface area (TPSA) is 81.9 Å². The van der Waals surface area contributed by atoms with Crippen LogP contribution in [-0.2, 0) is 6.18 Å². The predicted octanol–water partition coefficient (Wildman–Crippen LogP) is 6.07. The van der Waals surface area contributed by atoms with Crippen LogP contribution in [0.25, 0.3) is 0 Å². The average molecular weight is 519 g/mol. The number of rotatable bonds is 7. The van der Waals surface area contributed by atoms with Gasteiger partial charge < -0.3 is 14.4 Å².